The molecule has 1 amide bonds. The van der Waals surface area contributed by atoms with Crippen LogP contribution in [0.15, 0.2) is 79.4 Å². The molecule has 0 saturated carbocycles. The molecule has 0 saturated heterocycles. The number of nitrogens with zero attached hydrogens (tertiary/aromatic N) is 5. The second-order valence-electron chi connectivity index (χ2n) is 10.4. The molecule has 0 radical (unpaired) electrons. The Balaban J connectivity index is 1.76. The van der Waals surface area contributed by atoms with E-state index in [1.165, 1.54) is 29.6 Å². The predicted molar refractivity (Wildman–Crippen MR) is 156 cm³/mol. The largest absolute Gasteiger partial charge is 0.392 e. The average molecular weight is 602 g/mol. The monoisotopic (exact) mass is 601 g/mol. The van der Waals surface area contributed by atoms with Crippen LogP contribution < -0.4 is 0 Å². The quantitative estimate of drug-likeness (QED) is 0.256. The predicted octanol–water partition coefficient (Wildman–Crippen LogP) is 4.55. The van der Waals surface area contributed by atoms with Crippen LogP contribution in [0.2, 0.25) is 5.02 Å². The summed E-state index contributed by atoms with van der Waals surface area (Å²) in [5.41, 5.74) is -1.69. The number of imidazole rings is 1. The second kappa shape index (κ2) is 11.7. The van der Waals surface area contributed by atoms with Crippen LogP contribution in [0.3, 0.4) is 0 Å². The third kappa shape index (κ3) is 5.21. The summed E-state index contributed by atoms with van der Waals surface area (Å²) in [6, 6.07) is 14.3. The van der Waals surface area contributed by atoms with Crippen LogP contribution in [0.1, 0.15) is 57.3 Å². The minimum Gasteiger partial charge on any atom is -0.392 e. The normalized spacial score (nSPS) is 17.4. The molecular weight excluding hydrogens is 573 g/mol. The highest BCUT2D eigenvalue weighted by Crippen LogP contribution is 2.49. The molecule has 2 aromatic carbocycles. The van der Waals surface area contributed by atoms with E-state index in [1.807, 2.05) is 6.07 Å². The number of hydrogen-bond acceptors (Lipinski definition) is 7. The Morgan fingerprint density at radius 1 is 1.23 bits per heavy atom. The summed E-state index contributed by atoms with van der Waals surface area (Å²) in [5, 5.41) is 31.1. The van der Waals surface area contributed by atoms with Gasteiger partial charge < -0.3 is 19.5 Å². The molecule has 2 N–H and O–H groups in total. The Bertz CT molecular complexity index is 1730. The number of carbonyl (C=O) groups is 1. The lowest BCUT2D eigenvalue weighted by Gasteiger charge is -2.39. The topological polar surface area (TPSA) is 124 Å². The lowest BCUT2D eigenvalue weighted by Crippen LogP contribution is -2.47. The van der Waals surface area contributed by atoms with E-state index in [0.717, 1.165) is 0 Å². The van der Waals surface area contributed by atoms with Gasteiger partial charge in [0, 0.05) is 30.0 Å². The summed E-state index contributed by atoms with van der Waals surface area (Å²) in [7, 11) is 1.76. The van der Waals surface area contributed by atoms with Gasteiger partial charge in [0.25, 0.3) is 5.91 Å². The van der Waals surface area contributed by atoms with Crippen molar-refractivity contribution in [1.82, 2.24) is 19.4 Å². The summed E-state index contributed by atoms with van der Waals surface area (Å²) < 4.78 is 24.7. The fraction of sp³-hybridized carbons (Fsp3) is 0.250. The van der Waals surface area contributed by atoms with Gasteiger partial charge >= 0.3 is 0 Å². The molecule has 43 heavy (non-hydrogen) atoms. The first-order valence-electron chi connectivity index (χ1n) is 13.5. The number of benzene rings is 2. The molecular formula is C32H29ClFN5O4. The molecule has 0 fully saturated rings. The van der Waals surface area contributed by atoms with E-state index >= 15 is 4.39 Å². The molecule has 0 bridgehead atoms. The van der Waals surface area contributed by atoms with Crippen molar-refractivity contribution in [2.75, 3.05) is 13.2 Å². The van der Waals surface area contributed by atoms with Crippen LogP contribution >= 0.6 is 11.6 Å². The van der Waals surface area contributed by atoms with E-state index in [0.29, 0.717) is 33.1 Å². The molecule has 220 valence electrons. The standard InChI is InChI=1S/C32H29ClFN5O4/c1-4-31(42,28-16-38(3)19-37-28)23-11-26-29(27(34)12-23)32(43-18-20(2)17-40,22-6-8-24(33)9-7-22)39(30(26)41)15-25-10-5-21(13-35)14-36-25/h5-12,14,16,19,40,42H,2,4,15,17-18H2,1,3H3/t31?,32-/m1/s1. The van der Waals surface area contributed by atoms with E-state index in [2.05, 4.69) is 16.5 Å². The van der Waals surface area contributed by atoms with Gasteiger partial charge in [0.15, 0.2) is 0 Å². The molecule has 2 atom stereocenters. The molecule has 4 aromatic rings. The van der Waals surface area contributed by atoms with Gasteiger partial charge in [0.2, 0.25) is 5.72 Å². The van der Waals surface area contributed by atoms with Crippen LogP contribution in [0.4, 0.5) is 4.39 Å². The van der Waals surface area contributed by atoms with Gasteiger partial charge in [0.1, 0.15) is 17.5 Å². The number of pyridine rings is 1. The van der Waals surface area contributed by atoms with Crippen molar-refractivity contribution in [2.45, 2.75) is 31.2 Å². The second-order valence-corrected chi connectivity index (χ2v) is 10.8. The van der Waals surface area contributed by atoms with Gasteiger partial charge in [-0.3, -0.25) is 14.7 Å². The zero-order chi connectivity index (χ0) is 30.9. The smallest absolute Gasteiger partial charge is 0.257 e. The summed E-state index contributed by atoms with van der Waals surface area (Å²) in [5.74, 6) is -1.37. The SMILES string of the molecule is C=C(CO)CO[C@]1(c2ccc(Cl)cc2)c2c(F)cc(C(O)(CC)c3cn(C)cn3)cc2C(=O)N1Cc1ccc(C#N)cn1. The summed E-state index contributed by atoms with van der Waals surface area (Å²) in [4.78, 5) is 24.3. The Kier molecular flexibility index (Phi) is 8.18. The minimum atomic E-state index is -1.83. The van der Waals surface area contributed by atoms with E-state index in [4.69, 9.17) is 16.3 Å². The average Bonchev–Trinajstić information content (AvgIpc) is 3.56. The van der Waals surface area contributed by atoms with Gasteiger partial charge in [-0.2, -0.15) is 5.26 Å². The van der Waals surface area contributed by atoms with Crippen molar-refractivity contribution < 1.29 is 24.1 Å². The number of aliphatic hydroxyl groups excluding tert-OH is 1. The number of ether oxygens (including phenoxy) is 1. The van der Waals surface area contributed by atoms with E-state index in [9.17, 15) is 20.3 Å². The van der Waals surface area contributed by atoms with Crippen LogP contribution in [-0.2, 0) is 29.7 Å². The third-order valence-electron chi connectivity index (χ3n) is 7.62. The first-order chi connectivity index (χ1) is 20.6. The number of carbonyl (C=O) groups excluding carboxylic acids is 1. The van der Waals surface area contributed by atoms with Crippen molar-refractivity contribution in [1.29, 1.82) is 5.26 Å². The maximum absolute atomic E-state index is 16.6. The zero-order valence-electron chi connectivity index (χ0n) is 23.6. The maximum Gasteiger partial charge on any atom is 0.257 e. The zero-order valence-corrected chi connectivity index (χ0v) is 24.3. The van der Waals surface area contributed by atoms with Gasteiger partial charge in [-0.1, -0.05) is 37.2 Å². The first-order valence-corrected chi connectivity index (χ1v) is 13.8. The Morgan fingerprint density at radius 3 is 2.56 bits per heavy atom. The molecule has 5 rings (SSSR count). The number of aromatic nitrogens is 3. The van der Waals surface area contributed by atoms with Crippen molar-refractivity contribution in [3.63, 3.8) is 0 Å². The molecule has 11 heteroatoms. The number of halogens is 2. The molecule has 2 aromatic heterocycles. The van der Waals surface area contributed by atoms with E-state index < -0.39 is 23.1 Å². The van der Waals surface area contributed by atoms with Gasteiger partial charge in [0.05, 0.1) is 54.2 Å². The molecule has 0 aliphatic carbocycles. The summed E-state index contributed by atoms with van der Waals surface area (Å²) >= 11 is 6.20. The number of amides is 1. The summed E-state index contributed by atoms with van der Waals surface area (Å²) in [6.45, 7) is 4.83. The molecule has 1 unspecified atom stereocenters. The van der Waals surface area contributed by atoms with Crippen LogP contribution in [0.25, 0.3) is 0 Å². The van der Waals surface area contributed by atoms with Crippen molar-refractivity contribution >= 4 is 17.5 Å². The number of rotatable bonds is 10. The molecule has 1 aliphatic rings. The maximum atomic E-state index is 16.6. The highest BCUT2D eigenvalue weighted by atomic mass is 35.5. The number of aliphatic hydroxyl groups is 2. The number of aryl methyl sites for hydroxylation is 1. The van der Waals surface area contributed by atoms with Gasteiger partial charge in [-0.05, 0) is 54.0 Å². The Morgan fingerprint density at radius 2 is 1.98 bits per heavy atom. The Hall–Kier alpha value is -4.40. The Labute approximate surface area is 253 Å². The van der Waals surface area contributed by atoms with E-state index in [-0.39, 0.29) is 42.9 Å². The van der Waals surface area contributed by atoms with Crippen molar-refractivity contribution in [2.24, 2.45) is 7.05 Å². The lowest BCUT2D eigenvalue weighted by atomic mass is 9.84. The van der Waals surface area contributed by atoms with Crippen LogP contribution in [-0.4, -0.2) is 48.8 Å². The fourth-order valence-corrected chi connectivity index (χ4v) is 5.46. The van der Waals surface area contributed by atoms with Crippen LogP contribution in [0, 0.1) is 17.1 Å². The van der Waals surface area contributed by atoms with Crippen molar-refractivity contribution in [3.05, 3.63) is 129 Å². The highest BCUT2D eigenvalue weighted by molar-refractivity contribution is 6.30. The molecule has 1 aliphatic heterocycles. The van der Waals surface area contributed by atoms with Gasteiger partial charge in [-0.15, -0.1) is 0 Å². The lowest BCUT2D eigenvalue weighted by molar-refractivity contribution is -0.106. The molecule has 0 spiro atoms. The van der Waals surface area contributed by atoms with Crippen molar-refractivity contribution in [3.8, 4) is 6.07 Å². The highest BCUT2D eigenvalue weighted by Gasteiger charge is 2.55. The minimum absolute atomic E-state index is 0.0176. The first kappa shape index (κ1) is 30.1. The van der Waals surface area contributed by atoms with E-state index in [1.54, 1.807) is 61.1 Å². The summed E-state index contributed by atoms with van der Waals surface area (Å²) in [6.07, 6.45) is 4.71. The fourth-order valence-electron chi connectivity index (χ4n) is 5.33. The van der Waals surface area contributed by atoms with Crippen LogP contribution in [0.5, 0.6) is 0 Å². The molecule has 9 nitrogen and oxygen atoms in total. The number of fused-ring (bicyclic) bond motifs is 1. The molecule has 3 heterocycles. The third-order valence-corrected chi connectivity index (χ3v) is 7.87. The van der Waals surface area contributed by atoms with Gasteiger partial charge in [-0.25, -0.2) is 9.37 Å². The number of hydrogen-bond donors (Lipinski definition) is 2. The number of nitriles is 1.